The van der Waals surface area contributed by atoms with Crippen molar-refractivity contribution in [1.82, 2.24) is 30.2 Å². The average Bonchev–Trinajstić information content (AvgIpc) is 4.03. The van der Waals surface area contributed by atoms with Gasteiger partial charge in [0.1, 0.15) is 23.5 Å². The predicted octanol–water partition coefficient (Wildman–Crippen LogP) is 4.11. The van der Waals surface area contributed by atoms with Gasteiger partial charge in [0.2, 0.25) is 11.2 Å². The summed E-state index contributed by atoms with van der Waals surface area (Å²) in [6.07, 6.45) is 3.90. The lowest BCUT2D eigenvalue weighted by molar-refractivity contribution is -0.171. The normalized spacial score (nSPS) is 16.5. The molecule has 6 aromatic rings. The fraction of sp³-hybridized carbons (Fsp3) is 0.400. The lowest BCUT2D eigenvalue weighted by Crippen LogP contribution is -2.49. The summed E-state index contributed by atoms with van der Waals surface area (Å²) < 4.78 is 7.64. The van der Waals surface area contributed by atoms with Gasteiger partial charge in [-0.3, -0.25) is 4.79 Å². The molecular weight excluding hydrogens is 741 g/mol. The molecule has 2 aromatic carbocycles. The summed E-state index contributed by atoms with van der Waals surface area (Å²) >= 11 is 2.58. The first kappa shape index (κ1) is 37.4. The first-order valence-corrected chi connectivity index (χ1v) is 20.4. The Labute approximate surface area is 324 Å². The molecule has 55 heavy (non-hydrogen) atoms. The second kappa shape index (κ2) is 15.6. The molecule has 6 N–H and O–H groups in total. The van der Waals surface area contributed by atoms with E-state index in [-0.39, 0.29) is 24.5 Å². The highest BCUT2D eigenvalue weighted by atomic mass is 32.1. The first-order chi connectivity index (χ1) is 26.6. The van der Waals surface area contributed by atoms with Gasteiger partial charge >= 0.3 is 5.97 Å². The molecule has 0 spiro atoms. The second-order valence-corrected chi connectivity index (χ2v) is 16.5. The minimum Gasteiger partial charge on any atom is -0.506 e. The number of aromatic amines is 1. The van der Waals surface area contributed by atoms with Gasteiger partial charge in [-0.1, -0.05) is 23.4 Å². The van der Waals surface area contributed by atoms with E-state index in [9.17, 15) is 30.0 Å². The Hall–Kier alpha value is -4.48. The molecule has 1 fully saturated rings. The van der Waals surface area contributed by atoms with Crippen LogP contribution in [-0.2, 0) is 41.1 Å². The number of rotatable bonds is 14. The van der Waals surface area contributed by atoms with Gasteiger partial charge < -0.3 is 40.4 Å². The topological polar surface area (TPSA) is 186 Å². The lowest BCUT2D eigenvalue weighted by Gasteiger charge is -2.38. The number of nitrogens with one attached hydrogen (secondary N) is 2. The molecule has 15 heteroatoms. The molecule has 1 aliphatic heterocycles. The fourth-order valence-electron chi connectivity index (χ4n) is 8.04. The minimum absolute atomic E-state index is 0.0406. The van der Waals surface area contributed by atoms with Crippen LogP contribution in [0.3, 0.4) is 0 Å². The quantitative estimate of drug-likeness (QED) is 0.0874. The molecule has 0 radical (unpaired) electrons. The van der Waals surface area contributed by atoms with Crippen molar-refractivity contribution < 1.29 is 30.0 Å². The van der Waals surface area contributed by atoms with Gasteiger partial charge in [-0.25, -0.2) is 9.48 Å². The number of carbonyl (C=O) groups excluding carboxylic acids is 1. The van der Waals surface area contributed by atoms with Crippen LogP contribution in [0.4, 0.5) is 0 Å². The number of fused-ring (bicyclic) bond motifs is 4. The number of hydrogen-bond donors (Lipinski definition) is 6. The minimum atomic E-state index is -1.90. The number of phenols is 1. The monoisotopic (exact) mass is 784 g/mol. The summed E-state index contributed by atoms with van der Waals surface area (Å²) in [5, 5.41) is 60.8. The van der Waals surface area contributed by atoms with E-state index in [1.165, 1.54) is 45.9 Å². The molecule has 8 rings (SSSR count). The number of H-pyrrole nitrogens is 1. The molecule has 1 saturated heterocycles. The lowest BCUT2D eigenvalue weighted by atomic mass is 9.92. The molecular formula is C40H44N6O7S2. The highest BCUT2D eigenvalue weighted by Crippen LogP contribution is 2.38. The Balaban J connectivity index is 0.842. The van der Waals surface area contributed by atoms with Crippen molar-refractivity contribution in [1.29, 1.82) is 0 Å². The smallest absolute Gasteiger partial charge is 0.349 e. The van der Waals surface area contributed by atoms with E-state index in [0.29, 0.717) is 65.2 Å². The van der Waals surface area contributed by atoms with Crippen LogP contribution in [0.5, 0.6) is 5.75 Å². The second-order valence-electron chi connectivity index (χ2n) is 14.6. The number of piperidine rings is 1. The Morgan fingerprint density at radius 3 is 2.51 bits per heavy atom. The molecule has 0 saturated carbocycles. The third kappa shape index (κ3) is 7.45. The van der Waals surface area contributed by atoms with Crippen molar-refractivity contribution in [2.45, 2.75) is 68.9 Å². The van der Waals surface area contributed by atoms with Gasteiger partial charge in [0.15, 0.2) is 0 Å². The standard InChI is InChI=1S/C40H44N6O7S2/c47-31-11-9-27(28-10-12-35(49)42-36(28)31)32(48)23-41-22-25-21-30-37(29-6-1-5-26(25)29)46(44-43-30)16-4-15-45-17-13-39(51,14-18-45)24-53-38(50)40(52,33-7-2-19-54-33)34-8-3-20-55-34/h2-3,7-12,19-21,32,41,47-48,51-52H,1,4-6,13-18,22-24H2,(H,42,49)/t32-/m0/s1. The van der Waals surface area contributed by atoms with E-state index in [0.717, 1.165) is 48.8 Å². The maximum atomic E-state index is 13.3. The molecule has 288 valence electrons. The van der Waals surface area contributed by atoms with Gasteiger partial charge in [-0.05, 0) is 108 Å². The van der Waals surface area contributed by atoms with Gasteiger partial charge in [-0.15, -0.1) is 27.8 Å². The van der Waals surface area contributed by atoms with Crippen molar-refractivity contribution in [2.75, 3.05) is 32.8 Å². The van der Waals surface area contributed by atoms with Crippen molar-refractivity contribution in [3.8, 4) is 5.75 Å². The van der Waals surface area contributed by atoms with Crippen LogP contribution in [0.2, 0.25) is 0 Å². The molecule has 0 amide bonds. The zero-order chi connectivity index (χ0) is 38.2. The van der Waals surface area contributed by atoms with Crippen molar-refractivity contribution in [3.63, 3.8) is 0 Å². The van der Waals surface area contributed by atoms with E-state index in [4.69, 9.17) is 4.74 Å². The number of hydrogen-bond acceptors (Lipinski definition) is 13. The average molecular weight is 785 g/mol. The van der Waals surface area contributed by atoms with Crippen LogP contribution in [0.1, 0.15) is 63.8 Å². The zero-order valence-corrected chi connectivity index (χ0v) is 31.9. The number of benzene rings is 2. The van der Waals surface area contributed by atoms with E-state index in [1.54, 1.807) is 36.4 Å². The molecule has 0 bridgehead atoms. The molecule has 5 heterocycles. The van der Waals surface area contributed by atoms with Crippen LogP contribution in [0.15, 0.2) is 70.2 Å². The maximum Gasteiger partial charge on any atom is 0.349 e. The Bertz CT molecular complexity index is 2310. The largest absolute Gasteiger partial charge is 0.506 e. The van der Waals surface area contributed by atoms with E-state index in [1.807, 2.05) is 15.4 Å². The number of thiophene rings is 2. The SMILES string of the molecule is O=C(OCC1(O)CCN(CCCn2nnc3cc(CNC[C@H](O)c4ccc(O)c5[nH]c(=O)ccc45)c4c(c32)CCC4)CC1)C(O)(c1cccs1)c1cccs1. The third-order valence-corrected chi connectivity index (χ3v) is 13.0. The zero-order valence-electron chi connectivity index (χ0n) is 30.2. The number of aryl methyl sites for hydroxylation is 2. The number of ether oxygens (including phenoxy) is 1. The summed E-state index contributed by atoms with van der Waals surface area (Å²) in [6.45, 7) is 3.52. The van der Waals surface area contributed by atoms with Crippen molar-refractivity contribution in [3.05, 3.63) is 108 Å². The Morgan fingerprint density at radius 2 is 1.78 bits per heavy atom. The number of aromatic hydroxyl groups is 1. The summed E-state index contributed by atoms with van der Waals surface area (Å²) in [7, 11) is 0. The highest BCUT2D eigenvalue weighted by molar-refractivity contribution is 7.12. The van der Waals surface area contributed by atoms with E-state index in [2.05, 4.69) is 31.6 Å². The van der Waals surface area contributed by atoms with Crippen LogP contribution in [0.25, 0.3) is 21.9 Å². The highest BCUT2D eigenvalue weighted by Gasteiger charge is 2.45. The van der Waals surface area contributed by atoms with Crippen LogP contribution in [-0.4, -0.2) is 89.7 Å². The van der Waals surface area contributed by atoms with E-state index < -0.39 is 23.3 Å². The number of pyridine rings is 1. The number of esters is 1. The van der Waals surface area contributed by atoms with Crippen LogP contribution >= 0.6 is 22.7 Å². The molecule has 2 aliphatic rings. The van der Waals surface area contributed by atoms with Crippen LogP contribution in [0, 0.1) is 0 Å². The van der Waals surface area contributed by atoms with Crippen molar-refractivity contribution in [2.24, 2.45) is 0 Å². The number of phenolic OH excluding ortho intramolecular Hbond substituents is 1. The Morgan fingerprint density at radius 1 is 1.04 bits per heavy atom. The number of aromatic nitrogens is 4. The number of likely N-dealkylation sites (tertiary alicyclic amines) is 1. The molecule has 1 atom stereocenters. The number of aliphatic hydroxyl groups excluding tert-OH is 1. The predicted molar refractivity (Wildman–Crippen MR) is 210 cm³/mol. The summed E-state index contributed by atoms with van der Waals surface area (Å²) in [5.74, 6) is -0.817. The molecule has 13 nitrogen and oxygen atoms in total. The molecule has 0 unspecified atom stereocenters. The van der Waals surface area contributed by atoms with Gasteiger partial charge in [-0.2, -0.15) is 0 Å². The van der Waals surface area contributed by atoms with Gasteiger partial charge in [0.05, 0.1) is 26.9 Å². The third-order valence-electron chi connectivity index (χ3n) is 11.0. The van der Waals surface area contributed by atoms with Crippen LogP contribution < -0.4 is 10.9 Å². The summed E-state index contributed by atoms with van der Waals surface area (Å²) in [6, 6.07) is 15.3. The molecule has 4 aromatic heterocycles. The number of nitrogens with zero attached hydrogens (tertiary/aromatic N) is 4. The van der Waals surface area contributed by atoms with Crippen molar-refractivity contribution >= 4 is 50.6 Å². The first-order valence-electron chi connectivity index (χ1n) is 18.7. The Kier molecular flexibility index (Phi) is 10.6. The fourth-order valence-corrected chi connectivity index (χ4v) is 9.75. The van der Waals surface area contributed by atoms with Gasteiger partial charge in [0.25, 0.3) is 0 Å². The summed E-state index contributed by atoms with van der Waals surface area (Å²) in [5.41, 5.74) is 3.24. The number of carbonyl (C=O) groups is 1. The van der Waals surface area contributed by atoms with Gasteiger partial charge in [0, 0.05) is 44.2 Å². The maximum absolute atomic E-state index is 13.3. The number of aliphatic hydroxyl groups is 3. The summed E-state index contributed by atoms with van der Waals surface area (Å²) in [4.78, 5) is 31.0. The van der Waals surface area contributed by atoms with E-state index >= 15 is 0 Å². The molecule has 1 aliphatic carbocycles.